The topological polar surface area (TPSA) is 24.9 Å². The Morgan fingerprint density at radius 2 is 2.27 bits per heavy atom. The van der Waals surface area contributed by atoms with Crippen molar-refractivity contribution >= 4 is 27.3 Å². The van der Waals surface area contributed by atoms with Crippen molar-refractivity contribution in [3.05, 3.63) is 15.0 Å². The Bertz CT molecular complexity index is 313. The van der Waals surface area contributed by atoms with Crippen LogP contribution in [-0.2, 0) is 0 Å². The van der Waals surface area contributed by atoms with Crippen molar-refractivity contribution in [3.8, 4) is 0 Å². The normalized spacial score (nSPS) is 14.2. The van der Waals surface area contributed by atoms with Crippen molar-refractivity contribution in [1.82, 2.24) is 10.3 Å². The summed E-state index contributed by atoms with van der Waals surface area (Å²) in [6.45, 7) is 1.71. The predicted molar refractivity (Wildman–Crippen MR) is 56.9 cm³/mol. The van der Waals surface area contributed by atoms with Gasteiger partial charge in [-0.15, -0.1) is 11.3 Å². The molecule has 1 heterocycles. The van der Waals surface area contributed by atoms with Crippen LogP contribution in [-0.4, -0.2) is 17.7 Å². The first kappa shape index (κ1) is 12.9. The van der Waals surface area contributed by atoms with Gasteiger partial charge in [-0.05, 0) is 22.9 Å². The maximum absolute atomic E-state index is 11.9. The quantitative estimate of drug-likeness (QED) is 0.920. The standard InChI is InChI=1S/C8H10BrF3N2S/c1-5(7-14-4-6(9)15-7)13-3-2-8(10,11)12/h4-5,13H,2-3H2,1H3. The van der Waals surface area contributed by atoms with Gasteiger partial charge in [0.15, 0.2) is 0 Å². The number of thiazole rings is 1. The van der Waals surface area contributed by atoms with Gasteiger partial charge in [0.05, 0.1) is 22.4 Å². The van der Waals surface area contributed by atoms with Gasteiger partial charge < -0.3 is 5.32 Å². The molecule has 0 saturated heterocycles. The van der Waals surface area contributed by atoms with E-state index in [1.165, 1.54) is 11.3 Å². The molecule has 0 fully saturated rings. The number of rotatable bonds is 4. The first-order valence-corrected chi connectivity index (χ1v) is 5.91. The van der Waals surface area contributed by atoms with Gasteiger partial charge in [-0.3, -0.25) is 0 Å². The van der Waals surface area contributed by atoms with Crippen molar-refractivity contribution in [3.63, 3.8) is 0 Å². The van der Waals surface area contributed by atoms with Gasteiger partial charge in [0, 0.05) is 6.54 Å². The third kappa shape index (κ3) is 4.94. The summed E-state index contributed by atoms with van der Waals surface area (Å²) in [6, 6.07) is -0.149. The number of aromatic nitrogens is 1. The molecule has 0 aliphatic carbocycles. The zero-order chi connectivity index (χ0) is 11.5. The number of hydrogen-bond donors (Lipinski definition) is 1. The molecule has 1 unspecified atom stereocenters. The fourth-order valence-corrected chi connectivity index (χ4v) is 2.26. The Morgan fingerprint density at radius 3 is 2.73 bits per heavy atom. The largest absolute Gasteiger partial charge is 0.390 e. The van der Waals surface area contributed by atoms with Crippen molar-refractivity contribution in [1.29, 1.82) is 0 Å². The molecule has 1 aromatic rings. The van der Waals surface area contributed by atoms with Gasteiger partial charge in [0.2, 0.25) is 0 Å². The average molecular weight is 303 g/mol. The highest BCUT2D eigenvalue weighted by Crippen LogP contribution is 2.24. The van der Waals surface area contributed by atoms with E-state index in [1.54, 1.807) is 13.1 Å². The van der Waals surface area contributed by atoms with E-state index in [1.807, 2.05) is 0 Å². The summed E-state index contributed by atoms with van der Waals surface area (Å²) in [5.41, 5.74) is 0. The second-order valence-corrected chi connectivity index (χ2v) is 5.49. The van der Waals surface area contributed by atoms with Crippen molar-refractivity contribution in [2.24, 2.45) is 0 Å². The van der Waals surface area contributed by atoms with Crippen LogP contribution in [0.25, 0.3) is 0 Å². The minimum atomic E-state index is -4.10. The van der Waals surface area contributed by atoms with Gasteiger partial charge in [-0.1, -0.05) is 0 Å². The van der Waals surface area contributed by atoms with Crippen LogP contribution in [0.5, 0.6) is 0 Å². The lowest BCUT2D eigenvalue weighted by molar-refractivity contribution is -0.133. The molecule has 0 radical (unpaired) electrons. The molecule has 7 heteroatoms. The highest BCUT2D eigenvalue weighted by molar-refractivity contribution is 9.11. The van der Waals surface area contributed by atoms with Gasteiger partial charge in [-0.25, -0.2) is 4.98 Å². The molecule has 2 nitrogen and oxygen atoms in total. The van der Waals surface area contributed by atoms with Crippen LogP contribution < -0.4 is 5.32 Å². The molecule has 1 rings (SSSR count). The summed E-state index contributed by atoms with van der Waals surface area (Å²) in [7, 11) is 0. The van der Waals surface area contributed by atoms with Crippen LogP contribution in [0.3, 0.4) is 0 Å². The molecule has 0 bridgehead atoms. The minimum Gasteiger partial charge on any atom is -0.308 e. The predicted octanol–water partition coefficient (Wildman–Crippen LogP) is 3.51. The lowest BCUT2D eigenvalue weighted by atomic mass is 10.3. The third-order valence-electron chi connectivity index (χ3n) is 1.72. The van der Waals surface area contributed by atoms with Crippen molar-refractivity contribution < 1.29 is 13.2 Å². The summed E-state index contributed by atoms with van der Waals surface area (Å²) in [5.74, 6) is 0. The van der Waals surface area contributed by atoms with E-state index in [4.69, 9.17) is 0 Å². The van der Waals surface area contributed by atoms with Crippen molar-refractivity contribution in [2.75, 3.05) is 6.54 Å². The molecule has 0 aromatic carbocycles. The number of nitrogens with one attached hydrogen (secondary N) is 1. The van der Waals surface area contributed by atoms with E-state index in [9.17, 15) is 13.2 Å². The van der Waals surface area contributed by atoms with E-state index in [-0.39, 0.29) is 12.6 Å². The average Bonchev–Trinajstić information content (AvgIpc) is 2.49. The SMILES string of the molecule is CC(NCCC(F)(F)F)c1ncc(Br)s1. The molecule has 0 amide bonds. The smallest absolute Gasteiger partial charge is 0.308 e. The number of hydrogen-bond acceptors (Lipinski definition) is 3. The van der Waals surface area contributed by atoms with Crippen LogP contribution in [0.2, 0.25) is 0 Å². The Morgan fingerprint density at radius 1 is 1.60 bits per heavy atom. The highest BCUT2D eigenvalue weighted by Gasteiger charge is 2.26. The van der Waals surface area contributed by atoms with E-state index < -0.39 is 12.6 Å². The Kier molecular flexibility index (Phi) is 4.54. The Hall–Kier alpha value is -0.140. The fraction of sp³-hybridized carbons (Fsp3) is 0.625. The highest BCUT2D eigenvalue weighted by atomic mass is 79.9. The van der Waals surface area contributed by atoms with E-state index in [0.29, 0.717) is 0 Å². The molecular formula is C8H10BrF3N2S. The van der Waals surface area contributed by atoms with E-state index in [0.717, 1.165) is 8.79 Å². The van der Waals surface area contributed by atoms with Gasteiger partial charge >= 0.3 is 6.18 Å². The zero-order valence-electron chi connectivity index (χ0n) is 7.94. The summed E-state index contributed by atoms with van der Waals surface area (Å²) >= 11 is 4.66. The first-order valence-electron chi connectivity index (χ1n) is 4.30. The number of halogens is 4. The van der Waals surface area contributed by atoms with Crippen LogP contribution >= 0.6 is 27.3 Å². The van der Waals surface area contributed by atoms with Crippen LogP contribution in [0.1, 0.15) is 24.4 Å². The summed E-state index contributed by atoms with van der Waals surface area (Å²) in [6.07, 6.45) is -3.28. The Balaban J connectivity index is 2.34. The van der Waals surface area contributed by atoms with Crippen molar-refractivity contribution in [2.45, 2.75) is 25.6 Å². The monoisotopic (exact) mass is 302 g/mol. The maximum Gasteiger partial charge on any atom is 0.390 e. The fourth-order valence-electron chi connectivity index (χ4n) is 0.985. The van der Waals surface area contributed by atoms with Crippen LogP contribution in [0, 0.1) is 0 Å². The molecular weight excluding hydrogens is 293 g/mol. The van der Waals surface area contributed by atoms with Crippen LogP contribution in [0.15, 0.2) is 9.98 Å². The van der Waals surface area contributed by atoms with Gasteiger partial charge in [0.1, 0.15) is 5.01 Å². The minimum absolute atomic E-state index is 0.0815. The van der Waals surface area contributed by atoms with Gasteiger partial charge in [0.25, 0.3) is 0 Å². The number of nitrogens with zero attached hydrogens (tertiary/aromatic N) is 1. The molecule has 15 heavy (non-hydrogen) atoms. The first-order chi connectivity index (χ1) is 6.88. The molecule has 0 aliphatic rings. The third-order valence-corrected chi connectivity index (χ3v) is 3.38. The summed E-state index contributed by atoms with van der Waals surface area (Å²) < 4.78 is 36.4. The molecule has 1 aromatic heterocycles. The molecule has 0 saturated carbocycles. The summed E-state index contributed by atoms with van der Waals surface area (Å²) in [5, 5.41) is 3.56. The van der Waals surface area contributed by atoms with E-state index >= 15 is 0 Å². The van der Waals surface area contributed by atoms with Crippen LogP contribution in [0.4, 0.5) is 13.2 Å². The number of alkyl halides is 3. The Labute approximate surface area is 98.0 Å². The van der Waals surface area contributed by atoms with Gasteiger partial charge in [-0.2, -0.15) is 13.2 Å². The zero-order valence-corrected chi connectivity index (χ0v) is 10.3. The lowest BCUT2D eigenvalue weighted by Crippen LogP contribution is -2.24. The lowest BCUT2D eigenvalue weighted by Gasteiger charge is -2.12. The molecule has 86 valence electrons. The molecule has 1 N–H and O–H groups in total. The van der Waals surface area contributed by atoms with E-state index in [2.05, 4.69) is 26.2 Å². The molecule has 1 atom stereocenters. The molecule has 0 spiro atoms. The molecule has 0 aliphatic heterocycles. The second-order valence-electron chi connectivity index (χ2n) is 3.04. The second kappa shape index (κ2) is 5.27. The summed E-state index contributed by atoms with van der Waals surface area (Å²) in [4.78, 5) is 4.06. The maximum atomic E-state index is 11.9.